The Morgan fingerprint density at radius 2 is 1.93 bits per heavy atom. The zero-order valence-electron chi connectivity index (χ0n) is 7.84. The maximum Gasteiger partial charge on any atom is 0.347 e. The summed E-state index contributed by atoms with van der Waals surface area (Å²) in [5, 5.41) is 9.24. The van der Waals surface area contributed by atoms with Crippen LogP contribution in [0.3, 0.4) is 0 Å². The Hall–Kier alpha value is -1.82. The molecule has 0 saturated heterocycles. The minimum absolute atomic E-state index is 0.189. The first-order valence-electron chi connectivity index (χ1n) is 4.15. The number of rotatable bonds is 2. The molecule has 2 rings (SSSR count). The van der Waals surface area contributed by atoms with Crippen molar-refractivity contribution in [2.45, 2.75) is 6.92 Å². The molecular formula is C9H7N3O2S. The van der Waals surface area contributed by atoms with Crippen molar-refractivity contribution in [3.63, 3.8) is 0 Å². The smallest absolute Gasteiger partial charge is 0.347 e. The fourth-order valence-electron chi connectivity index (χ4n) is 0.979. The van der Waals surface area contributed by atoms with E-state index in [2.05, 4.69) is 15.0 Å². The number of aromatic nitrogens is 3. The number of hydrogen-bond donors (Lipinski definition) is 1. The summed E-state index contributed by atoms with van der Waals surface area (Å²) in [7, 11) is 0. The van der Waals surface area contributed by atoms with Crippen molar-refractivity contribution >= 4 is 17.3 Å². The summed E-state index contributed by atoms with van der Waals surface area (Å²) >= 11 is 1.06. The fraction of sp³-hybridized carbons (Fsp3) is 0.111. The van der Waals surface area contributed by atoms with Gasteiger partial charge in [0.25, 0.3) is 0 Å². The summed E-state index contributed by atoms with van der Waals surface area (Å²) in [6.07, 6.45) is 4.65. The lowest BCUT2D eigenvalue weighted by Gasteiger charge is -1.93. The van der Waals surface area contributed by atoms with E-state index in [1.165, 1.54) is 6.20 Å². The standard InChI is InChI=1S/C9H7N3O2S/c1-5-2-10-7(11-3-5)8-12-4-6(15-8)9(13)14/h2-4H,1H3,(H,13,14). The van der Waals surface area contributed by atoms with Gasteiger partial charge in [-0.15, -0.1) is 11.3 Å². The number of nitrogens with zero attached hydrogens (tertiary/aromatic N) is 3. The number of aryl methyl sites for hydroxylation is 1. The lowest BCUT2D eigenvalue weighted by molar-refractivity contribution is 0.0702. The first kappa shape index (κ1) is 9.72. The zero-order valence-corrected chi connectivity index (χ0v) is 8.65. The number of carbonyl (C=O) groups is 1. The molecule has 2 aromatic rings. The van der Waals surface area contributed by atoms with E-state index in [1.807, 2.05) is 6.92 Å². The predicted octanol–water partition coefficient (Wildman–Crippen LogP) is 1.61. The number of carboxylic acid groups (broad SMARTS) is 1. The maximum atomic E-state index is 10.6. The zero-order chi connectivity index (χ0) is 10.8. The Morgan fingerprint density at radius 1 is 1.27 bits per heavy atom. The van der Waals surface area contributed by atoms with E-state index < -0.39 is 5.97 Å². The molecule has 0 bridgehead atoms. The Labute approximate surface area is 89.5 Å². The van der Waals surface area contributed by atoms with E-state index in [0.717, 1.165) is 16.9 Å². The molecule has 5 nitrogen and oxygen atoms in total. The van der Waals surface area contributed by atoms with Crippen LogP contribution in [-0.2, 0) is 0 Å². The van der Waals surface area contributed by atoms with Crippen LogP contribution in [-0.4, -0.2) is 26.0 Å². The van der Waals surface area contributed by atoms with Gasteiger partial charge in [-0.1, -0.05) is 0 Å². The fourth-order valence-corrected chi connectivity index (χ4v) is 1.68. The number of thiazole rings is 1. The van der Waals surface area contributed by atoms with Crippen LogP contribution < -0.4 is 0 Å². The third-order valence-electron chi connectivity index (χ3n) is 1.69. The summed E-state index contributed by atoms with van der Waals surface area (Å²) in [6, 6.07) is 0. The van der Waals surface area contributed by atoms with E-state index in [9.17, 15) is 4.79 Å². The molecule has 0 unspecified atom stereocenters. The highest BCUT2D eigenvalue weighted by molar-refractivity contribution is 7.16. The molecule has 0 aromatic carbocycles. The molecule has 2 aromatic heterocycles. The predicted molar refractivity (Wildman–Crippen MR) is 54.8 cm³/mol. The summed E-state index contributed by atoms with van der Waals surface area (Å²) in [5.74, 6) is -0.524. The van der Waals surface area contributed by atoms with E-state index in [0.29, 0.717) is 10.8 Å². The van der Waals surface area contributed by atoms with Crippen molar-refractivity contribution in [1.29, 1.82) is 0 Å². The third kappa shape index (κ3) is 1.99. The van der Waals surface area contributed by atoms with Gasteiger partial charge in [0.05, 0.1) is 6.20 Å². The Balaban J connectivity index is 2.37. The number of aromatic carboxylic acids is 1. The number of hydrogen-bond acceptors (Lipinski definition) is 5. The molecule has 1 N–H and O–H groups in total. The lowest BCUT2D eigenvalue weighted by Crippen LogP contribution is -1.89. The van der Waals surface area contributed by atoms with Crippen molar-refractivity contribution in [2.75, 3.05) is 0 Å². The molecule has 0 radical (unpaired) electrons. The van der Waals surface area contributed by atoms with Gasteiger partial charge in [-0.25, -0.2) is 19.7 Å². The van der Waals surface area contributed by atoms with E-state index in [1.54, 1.807) is 12.4 Å². The van der Waals surface area contributed by atoms with Gasteiger partial charge in [0.2, 0.25) is 0 Å². The lowest BCUT2D eigenvalue weighted by atomic mass is 10.4. The van der Waals surface area contributed by atoms with Crippen LogP contribution in [0.4, 0.5) is 0 Å². The van der Waals surface area contributed by atoms with Crippen molar-refractivity contribution in [3.8, 4) is 10.8 Å². The van der Waals surface area contributed by atoms with Gasteiger partial charge in [-0.3, -0.25) is 0 Å². The highest BCUT2D eigenvalue weighted by Crippen LogP contribution is 2.21. The molecule has 0 aliphatic heterocycles. The molecule has 0 saturated carbocycles. The molecule has 6 heteroatoms. The summed E-state index contributed by atoms with van der Waals surface area (Å²) in [5.41, 5.74) is 0.953. The van der Waals surface area contributed by atoms with Crippen LogP contribution in [0.15, 0.2) is 18.6 Å². The normalized spacial score (nSPS) is 10.2. The molecule has 15 heavy (non-hydrogen) atoms. The summed E-state index contributed by atoms with van der Waals surface area (Å²) in [4.78, 5) is 22.9. The summed E-state index contributed by atoms with van der Waals surface area (Å²) in [6.45, 7) is 1.88. The van der Waals surface area contributed by atoms with Crippen molar-refractivity contribution in [3.05, 3.63) is 29.0 Å². The van der Waals surface area contributed by atoms with Crippen molar-refractivity contribution < 1.29 is 9.90 Å². The van der Waals surface area contributed by atoms with E-state index in [4.69, 9.17) is 5.11 Å². The Bertz CT molecular complexity index is 492. The van der Waals surface area contributed by atoms with Crippen LogP contribution in [0.2, 0.25) is 0 Å². The number of carboxylic acids is 1. The van der Waals surface area contributed by atoms with Crippen LogP contribution in [0, 0.1) is 6.92 Å². The highest BCUT2D eigenvalue weighted by atomic mass is 32.1. The second-order valence-electron chi connectivity index (χ2n) is 2.92. The van der Waals surface area contributed by atoms with Crippen molar-refractivity contribution in [2.24, 2.45) is 0 Å². The van der Waals surface area contributed by atoms with Crippen molar-refractivity contribution in [1.82, 2.24) is 15.0 Å². The van der Waals surface area contributed by atoms with Gasteiger partial charge in [0.1, 0.15) is 4.88 Å². The minimum Gasteiger partial charge on any atom is -0.477 e. The second kappa shape index (κ2) is 3.74. The molecule has 0 aliphatic rings. The van der Waals surface area contributed by atoms with Gasteiger partial charge in [-0.2, -0.15) is 0 Å². The highest BCUT2D eigenvalue weighted by Gasteiger charge is 2.11. The van der Waals surface area contributed by atoms with Crippen LogP contribution in [0.5, 0.6) is 0 Å². The molecule has 0 fully saturated rings. The van der Waals surface area contributed by atoms with E-state index >= 15 is 0 Å². The van der Waals surface area contributed by atoms with Crippen LogP contribution in [0.1, 0.15) is 15.2 Å². The van der Waals surface area contributed by atoms with Crippen LogP contribution in [0.25, 0.3) is 10.8 Å². The Kier molecular flexibility index (Phi) is 2.42. The Morgan fingerprint density at radius 3 is 2.47 bits per heavy atom. The van der Waals surface area contributed by atoms with Gasteiger partial charge >= 0.3 is 5.97 Å². The van der Waals surface area contributed by atoms with Gasteiger partial charge in [0.15, 0.2) is 10.8 Å². The SMILES string of the molecule is Cc1cnc(-c2ncc(C(=O)O)s2)nc1. The molecule has 0 atom stereocenters. The second-order valence-corrected chi connectivity index (χ2v) is 3.95. The molecular weight excluding hydrogens is 214 g/mol. The molecule has 0 amide bonds. The maximum absolute atomic E-state index is 10.6. The minimum atomic E-state index is -0.981. The summed E-state index contributed by atoms with van der Waals surface area (Å²) < 4.78 is 0. The van der Waals surface area contributed by atoms with Gasteiger partial charge in [0, 0.05) is 12.4 Å². The quantitative estimate of drug-likeness (QED) is 0.833. The molecule has 0 aliphatic carbocycles. The topological polar surface area (TPSA) is 76.0 Å². The first-order valence-corrected chi connectivity index (χ1v) is 4.96. The van der Waals surface area contributed by atoms with Crippen LogP contribution >= 0.6 is 11.3 Å². The molecule has 0 spiro atoms. The van der Waals surface area contributed by atoms with Gasteiger partial charge < -0.3 is 5.11 Å². The average molecular weight is 221 g/mol. The van der Waals surface area contributed by atoms with Gasteiger partial charge in [-0.05, 0) is 12.5 Å². The molecule has 2 heterocycles. The first-order chi connectivity index (χ1) is 7.16. The molecule has 76 valence electrons. The monoisotopic (exact) mass is 221 g/mol. The largest absolute Gasteiger partial charge is 0.477 e. The third-order valence-corrected chi connectivity index (χ3v) is 2.67. The van der Waals surface area contributed by atoms with E-state index in [-0.39, 0.29) is 4.88 Å². The average Bonchev–Trinajstić information content (AvgIpc) is 2.68.